The van der Waals surface area contributed by atoms with Crippen LogP contribution in [-0.4, -0.2) is 81.8 Å². The lowest BCUT2D eigenvalue weighted by atomic mass is 9.64. The van der Waals surface area contributed by atoms with Gasteiger partial charge in [-0.15, -0.1) is 0 Å². The van der Waals surface area contributed by atoms with Crippen LogP contribution in [0.3, 0.4) is 0 Å². The van der Waals surface area contributed by atoms with E-state index in [0.29, 0.717) is 87.8 Å². The summed E-state index contributed by atoms with van der Waals surface area (Å²) >= 11 is 0. The highest BCUT2D eigenvalue weighted by atomic mass is 19.1. The van der Waals surface area contributed by atoms with Gasteiger partial charge in [0.05, 0.1) is 33.6 Å². The fourth-order valence-electron chi connectivity index (χ4n) is 12.5. The van der Waals surface area contributed by atoms with Crippen molar-refractivity contribution in [3.63, 3.8) is 0 Å². The van der Waals surface area contributed by atoms with E-state index in [4.69, 9.17) is 4.98 Å². The highest BCUT2D eigenvalue weighted by Crippen LogP contribution is 2.60. The molecule has 2 amide bonds. The summed E-state index contributed by atoms with van der Waals surface area (Å²) in [7, 11) is 2.90. The number of halogens is 4. The largest absolute Gasteiger partial charge is 0.342 e. The topological polar surface area (TPSA) is 145 Å². The number of azo groups is 2. The van der Waals surface area contributed by atoms with Crippen LogP contribution in [0.4, 0.5) is 17.6 Å². The third-order valence-electron chi connectivity index (χ3n) is 18.0. The van der Waals surface area contributed by atoms with Crippen LogP contribution in [0.15, 0.2) is 142 Å². The molecule has 12 nitrogen and oxygen atoms in total. The van der Waals surface area contributed by atoms with Crippen LogP contribution in [-0.2, 0) is 0 Å². The molecule has 4 atom stereocenters. The Bertz CT molecular complexity index is 3470. The second kappa shape index (κ2) is 23.1. The Labute approximate surface area is 467 Å². The zero-order valence-corrected chi connectivity index (χ0v) is 47.8. The number of allylic oxidation sites excluding steroid dienone is 4. The number of aromatic amines is 1. The molecule has 2 aliphatic rings. The van der Waals surface area contributed by atoms with Gasteiger partial charge in [-0.2, -0.15) is 20.5 Å². The van der Waals surface area contributed by atoms with E-state index in [9.17, 15) is 0 Å². The van der Waals surface area contributed by atoms with Gasteiger partial charge in [-0.25, -0.2) is 32.5 Å². The normalized spacial score (nSPS) is 21.0. The van der Waals surface area contributed by atoms with E-state index in [1.165, 1.54) is 50.5 Å². The van der Waals surface area contributed by atoms with Crippen molar-refractivity contribution in [1.82, 2.24) is 29.7 Å². The molecule has 418 valence electrons. The molecule has 2 aliphatic carbocycles. The molecule has 0 radical (unpaired) electrons. The van der Waals surface area contributed by atoms with E-state index >= 15 is 27.2 Å². The number of carbonyl (C=O) groups is 2. The minimum atomic E-state index is -0.747. The molecule has 2 fully saturated rings. The first-order valence-corrected chi connectivity index (χ1v) is 27.2. The Morgan fingerprint density at radius 2 is 1.10 bits per heavy atom. The molecule has 8 rings (SSSR count). The summed E-state index contributed by atoms with van der Waals surface area (Å²) < 4.78 is 60.1. The molecule has 2 aromatic heterocycles. The molecule has 0 saturated heterocycles. The number of hydrogen-bond donors (Lipinski definition) is 1. The maximum Gasteiger partial charge on any atom is 0.253 e. The lowest BCUT2D eigenvalue weighted by Crippen LogP contribution is -2.46. The number of benzene rings is 4. The minimum Gasteiger partial charge on any atom is -0.342 e. The first-order valence-electron chi connectivity index (χ1n) is 27.2. The number of aryl methyl sites for hydroxylation is 1. The SMILES string of the molecule is C=C(/C=C(\N=N/C)c1c(F)cccc1F)[C@@H]1CC[C@@](C)(CN(CC)C(=O)c2ccc(-c3ncccn3)c(-c3cc(C(=O)N(CC)C[C@]4(C)CC[C@@H](C(=C)/C=C(\N=N/C)c5c(F)cccc5F)C4(C)C)cc4nc(C)[nH]c34)c2)C1(C)C. The zero-order valence-electron chi connectivity index (χ0n) is 47.8. The molecular formula is C64H72F4N10O2. The van der Waals surface area contributed by atoms with Gasteiger partial charge in [-0.05, 0) is 169 Å². The summed E-state index contributed by atoms with van der Waals surface area (Å²) in [6.45, 7) is 29.2. The number of H-pyrrole nitrogens is 1. The molecule has 4 aromatic carbocycles. The van der Waals surface area contributed by atoms with E-state index in [1.54, 1.807) is 42.7 Å². The average Bonchev–Trinajstić information content (AvgIpc) is 4.23. The molecule has 2 heterocycles. The second-order valence-corrected chi connectivity index (χ2v) is 23.0. The zero-order chi connectivity index (χ0) is 58.1. The van der Waals surface area contributed by atoms with Gasteiger partial charge in [0.25, 0.3) is 11.8 Å². The number of imidazole rings is 1. The first-order chi connectivity index (χ1) is 37.9. The van der Waals surface area contributed by atoms with Crippen LogP contribution in [0.5, 0.6) is 0 Å². The van der Waals surface area contributed by atoms with Gasteiger partial charge in [0.15, 0.2) is 5.82 Å². The second-order valence-electron chi connectivity index (χ2n) is 23.0. The number of rotatable bonds is 18. The number of fused-ring (bicyclic) bond motifs is 1. The van der Waals surface area contributed by atoms with Crippen molar-refractivity contribution < 1.29 is 27.2 Å². The van der Waals surface area contributed by atoms with E-state index in [1.807, 2.05) is 48.8 Å². The Hall–Kier alpha value is -7.75. The lowest BCUT2D eigenvalue weighted by Gasteiger charge is -2.45. The van der Waals surface area contributed by atoms with Gasteiger partial charge < -0.3 is 14.8 Å². The Kier molecular flexibility index (Phi) is 16.9. The molecule has 0 unspecified atom stereocenters. The van der Waals surface area contributed by atoms with Gasteiger partial charge in [0.1, 0.15) is 29.1 Å². The first kappa shape index (κ1) is 58.4. The number of nitrogens with zero attached hydrogens (tertiary/aromatic N) is 9. The average molecular weight is 1090 g/mol. The van der Waals surface area contributed by atoms with E-state index < -0.39 is 44.9 Å². The molecule has 16 heteroatoms. The fourth-order valence-corrected chi connectivity index (χ4v) is 12.5. The van der Waals surface area contributed by atoms with Crippen molar-refractivity contribution in [2.75, 3.05) is 40.3 Å². The van der Waals surface area contributed by atoms with Crippen molar-refractivity contribution in [2.45, 2.75) is 88.0 Å². The molecule has 2 saturated carbocycles. The maximum absolute atomic E-state index is 15.2. The van der Waals surface area contributed by atoms with E-state index in [2.05, 4.69) is 90.1 Å². The van der Waals surface area contributed by atoms with Crippen molar-refractivity contribution in [3.8, 4) is 22.5 Å². The summed E-state index contributed by atoms with van der Waals surface area (Å²) in [6.07, 6.45) is 9.51. The van der Waals surface area contributed by atoms with Crippen LogP contribution in [0.25, 0.3) is 44.9 Å². The summed E-state index contributed by atoms with van der Waals surface area (Å²) in [6, 6.07) is 18.3. The van der Waals surface area contributed by atoms with Crippen molar-refractivity contribution in [2.24, 2.45) is 54.0 Å². The van der Waals surface area contributed by atoms with Crippen molar-refractivity contribution >= 4 is 34.2 Å². The van der Waals surface area contributed by atoms with Crippen LogP contribution in [0.1, 0.15) is 119 Å². The van der Waals surface area contributed by atoms with Crippen molar-refractivity contribution in [3.05, 3.63) is 173 Å². The van der Waals surface area contributed by atoms with Crippen LogP contribution in [0.2, 0.25) is 0 Å². The van der Waals surface area contributed by atoms with Gasteiger partial charge >= 0.3 is 0 Å². The summed E-state index contributed by atoms with van der Waals surface area (Å²) in [5.41, 5.74) is 3.17. The quantitative estimate of drug-likeness (QED) is 0.0518. The summed E-state index contributed by atoms with van der Waals surface area (Å²) in [4.78, 5) is 51.6. The third-order valence-corrected chi connectivity index (χ3v) is 18.0. The van der Waals surface area contributed by atoms with Crippen LogP contribution < -0.4 is 0 Å². The molecule has 80 heavy (non-hydrogen) atoms. The molecular weight excluding hydrogens is 1020 g/mol. The van der Waals surface area contributed by atoms with E-state index in [0.717, 1.165) is 25.7 Å². The lowest BCUT2D eigenvalue weighted by molar-refractivity contribution is 0.0417. The Morgan fingerprint density at radius 1 is 0.650 bits per heavy atom. The predicted molar refractivity (Wildman–Crippen MR) is 308 cm³/mol. The highest BCUT2D eigenvalue weighted by molar-refractivity contribution is 6.05. The monoisotopic (exact) mass is 1090 g/mol. The molecule has 6 aromatic rings. The van der Waals surface area contributed by atoms with Crippen LogP contribution >= 0.6 is 0 Å². The van der Waals surface area contributed by atoms with Gasteiger partial charge in [0, 0.05) is 74.9 Å². The number of aromatic nitrogens is 4. The van der Waals surface area contributed by atoms with E-state index in [-0.39, 0.29) is 46.2 Å². The van der Waals surface area contributed by atoms with Crippen LogP contribution in [0, 0.1) is 63.7 Å². The molecule has 1 N–H and O–H groups in total. The van der Waals surface area contributed by atoms with Gasteiger partial charge in [-0.3, -0.25) is 9.59 Å². The summed E-state index contributed by atoms with van der Waals surface area (Å²) in [5, 5.41) is 16.0. The number of nitrogens with one attached hydrogen (secondary N) is 1. The number of carbonyl (C=O) groups excluding carboxylic acids is 2. The maximum atomic E-state index is 15.2. The summed E-state index contributed by atoms with van der Waals surface area (Å²) in [5.74, 6) is -2.54. The molecule has 0 aliphatic heterocycles. The smallest absolute Gasteiger partial charge is 0.253 e. The Morgan fingerprint density at radius 3 is 1.55 bits per heavy atom. The number of hydrogen-bond acceptors (Lipinski definition) is 9. The minimum absolute atomic E-state index is 0.0478. The Balaban J connectivity index is 1.11. The van der Waals surface area contributed by atoms with Gasteiger partial charge in [-0.1, -0.05) is 66.8 Å². The highest BCUT2D eigenvalue weighted by Gasteiger charge is 2.54. The third kappa shape index (κ3) is 11.0. The molecule has 0 bridgehead atoms. The number of amides is 2. The molecule has 0 spiro atoms. The van der Waals surface area contributed by atoms with Crippen molar-refractivity contribution in [1.29, 1.82) is 0 Å². The fraction of sp³-hybridized carbons (Fsp3) is 0.391. The predicted octanol–water partition coefficient (Wildman–Crippen LogP) is 15.7. The standard InChI is InChI=1S/C64H72F4N10O2/c1-14-77(36-63(10)27-25-46(61(63,6)7)38(3)31-52(75-69-12)55-48(65)19-16-20-49(55)66)59(79)41-23-24-43(58-71-29-18-30-72-58)44(33-41)45-34-42(35-54-57(45)74-40(5)73-54)60(80)78(15-2)37-64(11)28-26-47(62(64,8)9)39(4)32-53(76-70-13)56-50(67)21-17-22-51(56)68/h16-24,29-35,46-47H,3-4,14-15,25-28,36-37H2,1-2,5-13H3,(H,73,74)/b52-31-,53-32-,75-69-,76-70-/t46-,47-,63-,64-/m0/s1. The van der Waals surface area contributed by atoms with Gasteiger partial charge in [0.2, 0.25) is 0 Å².